The van der Waals surface area contributed by atoms with E-state index < -0.39 is 0 Å². The van der Waals surface area contributed by atoms with Gasteiger partial charge >= 0.3 is 0 Å². The van der Waals surface area contributed by atoms with Gasteiger partial charge in [-0.15, -0.1) is 0 Å². The van der Waals surface area contributed by atoms with Gasteiger partial charge in [0.25, 0.3) is 0 Å². The van der Waals surface area contributed by atoms with E-state index in [-0.39, 0.29) is 11.8 Å². The molecule has 0 spiro atoms. The van der Waals surface area contributed by atoms with Gasteiger partial charge in [0.2, 0.25) is 5.91 Å². The Labute approximate surface area is 182 Å². The molecule has 29 heavy (non-hydrogen) atoms. The lowest BCUT2D eigenvalue weighted by Crippen LogP contribution is -2.41. The summed E-state index contributed by atoms with van der Waals surface area (Å²) >= 11 is 11.6. The molecule has 1 aliphatic heterocycles. The second-order valence-electron chi connectivity index (χ2n) is 7.70. The van der Waals surface area contributed by atoms with Gasteiger partial charge in [0.1, 0.15) is 0 Å². The Hall–Kier alpha value is -1.70. The van der Waals surface area contributed by atoms with Gasteiger partial charge < -0.3 is 9.88 Å². The summed E-state index contributed by atoms with van der Waals surface area (Å²) in [7, 11) is 1.94. The predicted octanol–water partition coefficient (Wildman–Crippen LogP) is 4.25. The summed E-state index contributed by atoms with van der Waals surface area (Å²) in [5.41, 5.74) is 0.986. The highest BCUT2D eigenvalue weighted by Crippen LogP contribution is 2.21. The molecule has 6 nitrogen and oxygen atoms in total. The van der Waals surface area contributed by atoms with Crippen LogP contribution >= 0.6 is 23.8 Å². The minimum Gasteiger partial charge on any atom is -0.356 e. The van der Waals surface area contributed by atoms with Gasteiger partial charge in [-0.05, 0) is 55.7 Å². The molecule has 1 fully saturated rings. The number of halogens is 1. The number of likely N-dealkylation sites (tertiary alicyclic amines) is 1. The maximum absolute atomic E-state index is 12.3. The van der Waals surface area contributed by atoms with Gasteiger partial charge in [-0.3, -0.25) is 9.69 Å². The standard InChI is InChI=1S/C21H30ClN5OS/c1-3-4-5-12-23-20(28)17-10-13-26(14-11-17)15-27-21(29)25(2)19(24-27)16-6-8-18(22)9-7-16/h6-9,17H,3-5,10-15H2,1-2H3,(H,23,28). The zero-order valence-electron chi connectivity index (χ0n) is 17.2. The summed E-state index contributed by atoms with van der Waals surface area (Å²) in [5, 5.41) is 8.52. The molecule has 0 aliphatic carbocycles. The SMILES string of the molecule is CCCCCNC(=O)C1CCN(Cn2nc(-c3ccc(Cl)cc3)n(C)c2=S)CC1. The Bertz CT molecular complexity index is 868. The van der Waals surface area contributed by atoms with E-state index in [2.05, 4.69) is 17.1 Å². The van der Waals surface area contributed by atoms with Crippen LogP contribution in [0.1, 0.15) is 39.0 Å². The molecular weight excluding hydrogens is 406 g/mol. The average Bonchev–Trinajstić information content (AvgIpc) is 3.01. The smallest absolute Gasteiger partial charge is 0.223 e. The van der Waals surface area contributed by atoms with E-state index in [4.69, 9.17) is 28.9 Å². The molecule has 8 heteroatoms. The molecule has 1 aromatic carbocycles. The molecule has 1 aliphatic rings. The third-order valence-electron chi connectivity index (χ3n) is 5.52. The van der Waals surface area contributed by atoms with Gasteiger partial charge in [0, 0.05) is 43.2 Å². The number of benzene rings is 1. The van der Waals surface area contributed by atoms with Crippen LogP contribution in [-0.4, -0.2) is 44.8 Å². The highest BCUT2D eigenvalue weighted by Gasteiger charge is 2.25. The first-order valence-corrected chi connectivity index (χ1v) is 11.2. The van der Waals surface area contributed by atoms with Gasteiger partial charge in [-0.1, -0.05) is 31.4 Å². The monoisotopic (exact) mass is 435 g/mol. The topological polar surface area (TPSA) is 55.1 Å². The lowest BCUT2D eigenvalue weighted by molar-refractivity contribution is -0.126. The molecule has 1 saturated heterocycles. The molecule has 3 rings (SSSR count). The number of nitrogens with zero attached hydrogens (tertiary/aromatic N) is 4. The summed E-state index contributed by atoms with van der Waals surface area (Å²) in [4.78, 5) is 14.6. The third kappa shape index (κ3) is 5.68. The van der Waals surface area contributed by atoms with Crippen molar-refractivity contribution in [1.29, 1.82) is 0 Å². The number of amides is 1. The Morgan fingerprint density at radius 2 is 1.93 bits per heavy atom. The van der Waals surface area contributed by atoms with Crippen molar-refractivity contribution in [1.82, 2.24) is 24.6 Å². The molecule has 158 valence electrons. The maximum Gasteiger partial charge on any atom is 0.223 e. The fourth-order valence-electron chi connectivity index (χ4n) is 3.69. The van der Waals surface area contributed by atoms with Crippen LogP contribution in [0.3, 0.4) is 0 Å². The number of aromatic nitrogens is 3. The number of piperidine rings is 1. The number of carbonyl (C=O) groups excluding carboxylic acids is 1. The minimum atomic E-state index is 0.120. The first-order chi connectivity index (χ1) is 14.0. The van der Waals surface area contributed by atoms with Gasteiger partial charge in [0.05, 0.1) is 6.67 Å². The molecule has 2 heterocycles. The molecule has 0 atom stereocenters. The maximum atomic E-state index is 12.3. The zero-order valence-corrected chi connectivity index (χ0v) is 18.8. The quantitative estimate of drug-likeness (QED) is 0.497. The average molecular weight is 436 g/mol. The van der Waals surface area contributed by atoms with Crippen molar-refractivity contribution in [2.45, 2.75) is 45.7 Å². The molecule has 1 amide bonds. The van der Waals surface area contributed by atoms with Crippen LogP contribution in [0.4, 0.5) is 0 Å². The number of hydrogen-bond donors (Lipinski definition) is 1. The summed E-state index contributed by atoms with van der Waals surface area (Å²) in [6.45, 7) is 5.36. The highest BCUT2D eigenvalue weighted by molar-refractivity contribution is 7.71. The lowest BCUT2D eigenvalue weighted by atomic mass is 9.96. The number of hydrogen-bond acceptors (Lipinski definition) is 4. The largest absolute Gasteiger partial charge is 0.356 e. The predicted molar refractivity (Wildman–Crippen MR) is 119 cm³/mol. The first kappa shape index (κ1) is 22.0. The van der Waals surface area contributed by atoms with Crippen molar-refractivity contribution >= 4 is 29.7 Å². The Balaban J connectivity index is 1.55. The molecule has 0 saturated carbocycles. The van der Waals surface area contributed by atoms with Crippen molar-refractivity contribution in [2.75, 3.05) is 19.6 Å². The molecule has 2 aromatic rings. The molecular formula is C21H30ClN5OS. The number of carbonyl (C=O) groups is 1. The van der Waals surface area contributed by atoms with Crippen LogP contribution < -0.4 is 5.32 Å². The van der Waals surface area contributed by atoms with E-state index in [1.807, 2.05) is 40.6 Å². The van der Waals surface area contributed by atoms with Gasteiger partial charge in [-0.25, -0.2) is 4.68 Å². The third-order valence-corrected chi connectivity index (χ3v) is 6.25. The highest BCUT2D eigenvalue weighted by atomic mass is 35.5. The normalized spacial score (nSPS) is 15.6. The van der Waals surface area contributed by atoms with E-state index in [0.717, 1.165) is 50.3 Å². The van der Waals surface area contributed by atoms with Crippen LogP contribution in [-0.2, 0) is 18.5 Å². The van der Waals surface area contributed by atoms with Crippen molar-refractivity contribution in [3.05, 3.63) is 34.1 Å². The van der Waals surface area contributed by atoms with Crippen molar-refractivity contribution in [2.24, 2.45) is 13.0 Å². The van der Waals surface area contributed by atoms with E-state index in [1.165, 1.54) is 12.8 Å². The molecule has 1 aromatic heterocycles. The summed E-state index contributed by atoms with van der Waals surface area (Å²) in [5.74, 6) is 1.16. The zero-order chi connectivity index (χ0) is 20.8. The van der Waals surface area contributed by atoms with E-state index >= 15 is 0 Å². The minimum absolute atomic E-state index is 0.120. The van der Waals surface area contributed by atoms with Crippen LogP contribution in [0.25, 0.3) is 11.4 Å². The fourth-order valence-corrected chi connectivity index (χ4v) is 4.00. The molecule has 0 bridgehead atoms. The second-order valence-corrected chi connectivity index (χ2v) is 8.51. The van der Waals surface area contributed by atoms with Crippen LogP contribution in [0, 0.1) is 10.7 Å². The number of rotatable bonds is 8. The summed E-state index contributed by atoms with van der Waals surface area (Å²) < 4.78 is 4.48. The Morgan fingerprint density at radius 3 is 2.59 bits per heavy atom. The summed E-state index contributed by atoms with van der Waals surface area (Å²) in [6.07, 6.45) is 5.16. The van der Waals surface area contributed by atoms with E-state index in [9.17, 15) is 4.79 Å². The Kier molecular flexibility index (Phi) is 7.86. The molecule has 1 N–H and O–H groups in total. The molecule has 0 radical (unpaired) electrons. The van der Waals surface area contributed by atoms with E-state index in [0.29, 0.717) is 16.5 Å². The van der Waals surface area contributed by atoms with Gasteiger partial charge in [0.15, 0.2) is 10.6 Å². The van der Waals surface area contributed by atoms with Gasteiger partial charge in [-0.2, -0.15) is 5.10 Å². The second kappa shape index (κ2) is 10.4. The first-order valence-electron chi connectivity index (χ1n) is 10.4. The van der Waals surface area contributed by atoms with E-state index in [1.54, 1.807) is 0 Å². The molecule has 0 unspecified atom stereocenters. The summed E-state index contributed by atoms with van der Waals surface area (Å²) in [6, 6.07) is 7.62. The van der Waals surface area contributed by atoms with Crippen LogP contribution in [0.5, 0.6) is 0 Å². The van der Waals surface area contributed by atoms with Crippen molar-refractivity contribution < 1.29 is 4.79 Å². The van der Waals surface area contributed by atoms with Crippen molar-refractivity contribution in [3.8, 4) is 11.4 Å². The fraction of sp³-hybridized carbons (Fsp3) is 0.571. The lowest BCUT2D eigenvalue weighted by Gasteiger charge is -2.30. The Morgan fingerprint density at radius 1 is 1.24 bits per heavy atom. The van der Waals surface area contributed by atoms with Crippen LogP contribution in [0.15, 0.2) is 24.3 Å². The number of nitrogens with one attached hydrogen (secondary N) is 1. The van der Waals surface area contributed by atoms with Crippen molar-refractivity contribution in [3.63, 3.8) is 0 Å². The number of unbranched alkanes of at least 4 members (excludes halogenated alkanes) is 2. The van der Waals surface area contributed by atoms with Crippen LogP contribution in [0.2, 0.25) is 5.02 Å².